The Bertz CT molecular complexity index is 1080. The van der Waals surface area contributed by atoms with Gasteiger partial charge in [-0.05, 0) is 52.1 Å². The van der Waals surface area contributed by atoms with Crippen LogP contribution >= 0.6 is 0 Å². The van der Waals surface area contributed by atoms with Crippen LogP contribution < -0.4 is 5.73 Å². The van der Waals surface area contributed by atoms with Crippen molar-refractivity contribution in [3.63, 3.8) is 0 Å². The van der Waals surface area contributed by atoms with Crippen LogP contribution in [0.4, 0.5) is 0 Å². The summed E-state index contributed by atoms with van der Waals surface area (Å²) in [5, 5.41) is 9.14. The molecule has 1 radical (unpaired) electrons. The molecule has 0 amide bonds. The van der Waals surface area contributed by atoms with Gasteiger partial charge in [0.05, 0.1) is 16.5 Å². The minimum absolute atomic E-state index is 0.0976. The molecular weight excluding hydrogens is 408 g/mol. The summed E-state index contributed by atoms with van der Waals surface area (Å²) in [6.07, 6.45) is -0.110. The first-order valence-corrected chi connectivity index (χ1v) is 12.0. The van der Waals surface area contributed by atoms with Gasteiger partial charge in [0.1, 0.15) is 0 Å². The van der Waals surface area contributed by atoms with E-state index < -0.39 is 14.7 Å². The van der Waals surface area contributed by atoms with E-state index in [0.29, 0.717) is 22.3 Å². The number of benzene rings is 2. The van der Waals surface area contributed by atoms with Crippen LogP contribution in [0.2, 0.25) is 0 Å². The van der Waals surface area contributed by atoms with Crippen molar-refractivity contribution in [2.45, 2.75) is 75.5 Å². The van der Waals surface area contributed by atoms with Gasteiger partial charge >= 0.3 is 0 Å². The first-order chi connectivity index (χ1) is 14.4. The van der Waals surface area contributed by atoms with Crippen molar-refractivity contribution < 1.29 is 13.2 Å². The molecule has 2 aromatic carbocycles. The molecule has 0 heterocycles. The summed E-state index contributed by atoms with van der Waals surface area (Å²) in [6, 6.07) is 12.2. The minimum Gasteiger partial charge on any atom is -0.300 e. The third-order valence-electron chi connectivity index (χ3n) is 5.54. The minimum atomic E-state index is -4.35. The number of carbonyl (C=O) groups is 1. The highest BCUT2D eigenvalue weighted by molar-refractivity contribution is 7.93. The molecule has 165 valence electrons. The fourth-order valence-electron chi connectivity index (χ4n) is 3.64. The molecule has 0 unspecified atom stereocenters. The molecule has 31 heavy (non-hydrogen) atoms. The van der Waals surface area contributed by atoms with Crippen LogP contribution in [0.1, 0.15) is 87.1 Å². The average molecular weight is 440 g/mol. The lowest BCUT2D eigenvalue weighted by atomic mass is 9.89. The van der Waals surface area contributed by atoms with Crippen molar-refractivity contribution in [3.8, 4) is 6.07 Å². The number of nitriles is 1. The molecule has 5 nitrogen and oxygen atoms in total. The second-order valence-electron chi connectivity index (χ2n) is 8.99. The molecule has 0 saturated carbocycles. The van der Waals surface area contributed by atoms with Crippen LogP contribution in [0.5, 0.6) is 0 Å². The quantitative estimate of drug-likeness (QED) is 0.533. The van der Waals surface area contributed by atoms with Crippen molar-refractivity contribution in [2.75, 3.05) is 0 Å². The van der Waals surface area contributed by atoms with Crippen LogP contribution in [0.25, 0.3) is 0 Å². The van der Waals surface area contributed by atoms with Crippen LogP contribution in [-0.2, 0) is 21.1 Å². The van der Waals surface area contributed by atoms with E-state index in [2.05, 4.69) is 13.8 Å². The molecule has 2 rings (SSSR count). The average Bonchev–Trinajstić information content (AvgIpc) is 2.72. The normalized spacial score (nSPS) is 14.0. The summed E-state index contributed by atoms with van der Waals surface area (Å²) in [5.41, 5.74) is 11.9. The number of aldehydes is 1. The maximum absolute atomic E-state index is 13.9. The van der Waals surface area contributed by atoms with Crippen LogP contribution in [-0.4, -0.2) is 19.6 Å². The smallest absolute Gasteiger partial charge is 0.206 e. The maximum Gasteiger partial charge on any atom is 0.206 e. The van der Waals surface area contributed by atoms with E-state index in [1.54, 1.807) is 18.2 Å². The SMILES string of the molecule is CC(C)c1cc(C(C)C)c(S(=O)(=O)[C@@]([NH])(C=O)Cc2cccc(C#N)c2)c(C(C)C)c1. The van der Waals surface area contributed by atoms with Crippen LogP contribution in [0.3, 0.4) is 0 Å². The van der Waals surface area contributed by atoms with Gasteiger partial charge in [0.2, 0.25) is 9.84 Å². The van der Waals surface area contributed by atoms with Crippen molar-refractivity contribution >= 4 is 16.1 Å². The molecule has 2 aromatic rings. The number of sulfone groups is 1. The molecule has 0 aliphatic carbocycles. The van der Waals surface area contributed by atoms with Gasteiger partial charge in [0.25, 0.3) is 0 Å². The van der Waals surface area contributed by atoms with Crippen molar-refractivity contribution in [1.82, 2.24) is 5.73 Å². The van der Waals surface area contributed by atoms with Gasteiger partial charge in [-0.25, -0.2) is 14.2 Å². The summed E-state index contributed by atoms with van der Waals surface area (Å²) < 4.78 is 27.8. The van der Waals surface area contributed by atoms with Crippen LogP contribution in [0.15, 0.2) is 41.3 Å². The van der Waals surface area contributed by atoms with Crippen molar-refractivity contribution in [2.24, 2.45) is 0 Å². The van der Waals surface area contributed by atoms with Crippen molar-refractivity contribution in [3.05, 3.63) is 64.2 Å². The van der Waals surface area contributed by atoms with E-state index in [9.17, 15) is 13.2 Å². The zero-order chi connectivity index (χ0) is 23.6. The number of nitrogens with one attached hydrogen (secondary N) is 1. The summed E-state index contributed by atoms with van der Waals surface area (Å²) in [6.45, 7) is 11.8. The highest BCUT2D eigenvalue weighted by Gasteiger charge is 2.45. The van der Waals surface area contributed by atoms with E-state index >= 15 is 0 Å². The van der Waals surface area contributed by atoms with Gasteiger partial charge in [-0.1, -0.05) is 65.8 Å². The molecule has 0 aliphatic rings. The van der Waals surface area contributed by atoms with Gasteiger partial charge in [-0.3, -0.25) is 0 Å². The number of carbonyl (C=O) groups excluding carboxylic acids is 1. The lowest BCUT2D eigenvalue weighted by molar-refractivity contribution is -0.110. The molecule has 0 aromatic heterocycles. The van der Waals surface area contributed by atoms with Gasteiger partial charge in [0.15, 0.2) is 11.2 Å². The number of hydrogen-bond acceptors (Lipinski definition) is 4. The molecule has 0 aliphatic heterocycles. The number of rotatable bonds is 8. The third-order valence-corrected chi connectivity index (χ3v) is 7.75. The molecule has 0 fully saturated rings. The fraction of sp³-hybridized carbons (Fsp3) is 0.440. The lowest BCUT2D eigenvalue weighted by Crippen LogP contribution is -2.45. The van der Waals surface area contributed by atoms with Gasteiger partial charge in [0, 0.05) is 6.42 Å². The van der Waals surface area contributed by atoms with E-state index in [-0.39, 0.29) is 35.4 Å². The van der Waals surface area contributed by atoms with Gasteiger partial charge in [-0.15, -0.1) is 0 Å². The molecule has 0 bridgehead atoms. The second kappa shape index (κ2) is 9.33. The Morgan fingerprint density at radius 2 is 1.55 bits per heavy atom. The summed E-state index contributed by atoms with van der Waals surface area (Å²) in [4.78, 5) is 9.81. The van der Waals surface area contributed by atoms with Crippen molar-refractivity contribution in [1.29, 1.82) is 5.26 Å². The van der Waals surface area contributed by atoms with E-state index in [4.69, 9.17) is 11.0 Å². The van der Waals surface area contributed by atoms with Gasteiger partial charge in [-0.2, -0.15) is 5.26 Å². The van der Waals surface area contributed by atoms with E-state index in [0.717, 1.165) is 5.56 Å². The Morgan fingerprint density at radius 3 is 1.97 bits per heavy atom. The Hall–Kier alpha value is -2.49. The number of nitrogens with zero attached hydrogens (tertiary/aromatic N) is 1. The summed E-state index contributed by atoms with van der Waals surface area (Å²) in [5.74, 6) is 0.0184. The Labute approximate surface area is 186 Å². The Balaban J connectivity index is 2.78. The predicted molar refractivity (Wildman–Crippen MR) is 123 cm³/mol. The molecule has 0 saturated heterocycles. The Morgan fingerprint density at radius 1 is 1.00 bits per heavy atom. The summed E-state index contributed by atoms with van der Waals surface area (Å²) >= 11 is 0. The van der Waals surface area contributed by atoms with Crippen LogP contribution in [0, 0.1) is 11.3 Å². The molecule has 0 spiro atoms. The lowest BCUT2D eigenvalue weighted by Gasteiger charge is -2.28. The Kier molecular flexibility index (Phi) is 7.46. The highest BCUT2D eigenvalue weighted by atomic mass is 32.2. The molecular formula is C25H31N2O3S. The molecule has 1 atom stereocenters. The zero-order valence-corrected chi connectivity index (χ0v) is 19.9. The first kappa shape index (κ1) is 24.8. The molecule has 1 N–H and O–H groups in total. The third kappa shape index (κ3) is 4.89. The fourth-order valence-corrected chi connectivity index (χ4v) is 5.69. The first-order valence-electron chi connectivity index (χ1n) is 10.5. The predicted octanol–water partition coefficient (Wildman–Crippen LogP) is 5.12. The van der Waals surface area contributed by atoms with Gasteiger partial charge < -0.3 is 4.79 Å². The standard InChI is InChI=1S/C25H31N2O3S/c1-16(2)21-11-22(17(3)4)24(23(12-21)18(5)6)31(29,30)25(27,15-28)13-19-8-7-9-20(10-19)14-26/h7-12,15-18,27H,13H2,1-6H3/t25-/m1/s1. The topological polar surface area (TPSA) is 98.8 Å². The molecule has 6 heteroatoms. The zero-order valence-electron chi connectivity index (χ0n) is 19.1. The summed E-state index contributed by atoms with van der Waals surface area (Å²) in [7, 11) is -4.35. The van der Waals surface area contributed by atoms with E-state index in [1.165, 1.54) is 6.07 Å². The monoisotopic (exact) mass is 439 g/mol. The maximum atomic E-state index is 13.9. The largest absolute Gasteiger partial charge is 0.300 e. The van der Waals surface area contributed by atoms with E-state index in [1.807, 2.05) is 45.9 Å². The highest BCUT2D eigenvalue weighted by Crippen LogP contribution is 2.39. The second-order valence-corrected chi connectivity index (χ2v) is 11.1. The number of hydrogen-bond donors (Lipinski definition) is 0.